The van der Waals surface area contributed by atoms with Gasteiger partial charge in [-0.05, 0) is 17.1 Å². The van der Waals surface area contributed by atoms with Crippen molar-refractivity contribution in [2.24, 2.45) is 0 Å². The summed E-state index contributed by atoms with van der Waals surface area (Å²) in [5.74, 6) is 0.240. The zero-order valence-corrected chi connectivity index (χ0v) is 8.11. The van der Waals surface area contributed by atoms with E-state index in [1.807, 2.05) is 6.07 Å². The van der Waals surface area contributed by atoms with Crippen LogP contribution in [-0.4, -0.2) is 14.9 Å². The van der Waals surface area contributed by atoms with E-state index in [-0.39, 0.29) is 11.8 Å². The average molecular weight is 217 g/mol. The van der Waals surface area contributed by atoms with Gasteiger partial charge in [0.15, 0.2) is 0 Å². The molecule has 0 fully saturated rings. The summed E-state index contributed by atoms with van der Waals surface area (Å²) in [5.41, 5.74) is 0. The number of hydrogen-bond donors (Lipinski definition) is 0. The Labute approximate surface area is 90.7 Å². The maximum Gasteiger partial charge on any atom is 0.439 e. The Bertz CT molecular complexity index is 502. The Morgan fingerprint density at radius 1 is 1.19 bits per heavy atom. The number of nitrogens with zero attached hydrogens (tertiary/aromatic N) is 3. The maximum atomic E-state index is 10.5. The van der Waals surface area contributed by atoms with Gasteiger partial charge < -0.3 is 14.9 Å². The summed E-state index contributed by atoms with van der Waals surface area (Å²) in [6.45, 7) is 0. The lowest BCUT2D eigenvalue weighted by Gasteiger charge is -1.99. The Kier molecular flexibility index (Phi) is 2.73. The molecule has 0 atom stereocenters. The third-order valence-electron chi connectivity index (χ3n) is 1.76. The molecule has 6 nitrogen and oxygen atoms in total. The van der Waals surface area contributed by atoms with Crippen molar-refractivity contribution in [1.82, 2.24) is 9.97 Å². The first kappa shape index (κ1) is 10.0. The summed E-state index contributed by atoms with van der Waals surface area (Å²) in [5, 5.41) is 10.5. The SMILES string of the molecule is O=[N+]([O-])c1ccnc(Oc2ccccc2)n1. The van der Waals surface area contributed by atoms with Crippen molar-refractivity contribution in [3.8, 4) is 11.8 Å². The third kappa shape index (κ3) is 2.30. The van der Waals surface area contributed by atoms with Crippen LogP contribution in [0, 0.1) is 10.1 Å². The van der Waals surface area contributed by atoms with Crippen molar-refractivity contribution in [3.05, 3.63) is 52.7 Å². The summed E-state index contributed by atoms with van der Waals surface area (Å²) in [7, 11) is 0. The Morgan fingerprint density at radius 2 is 1.94 bits per heavy atom. The molecule has 2 aromatic rings. The van der Waals surface area contributed by atoms with E-state index in [1.54, 1.807) is 24.3 Å². The topological polar surface area (TPSA) is 78.2 Å². The Morgan fingerprint density at radius 3 is 2.62 bits per heavy atom. The van der Waals surface area contributed by atoms with Crippen LogP contribution >= 0.6 is 0 Å². The van der Waals surface area contributed by atoms with Crippen LogP contribution in [0.15, 0.2) is 42.6 Å². The van der Waals surface area contributed by atoms with Crippen molar-refractivity contribution in [2.45, 2.75) is 0 Å². The van der Waals surface area contributed by atoms with E-state index in [0.29, 0.717) is 5.75 Å². The first-order valence-corrected chi connectivity index (χ1v) is 4.46. The van der Waals surface area contributed by atoms with Gasteiger partial charge in [0.2, 0.25) is 0 Å². The van der Waals surface area contributed by atoms with Crippen LogP contribution in [0.4, 0.5) is 5.82 Å². The molecule has 0 saturated heterocycles. The molecule has 80 valence electrons. The van der Waals surface area contributed by atoms with Crippen LogP contribution in [0.5, 0.6) is 11.8 Å². The second-order valence-corrected chi connectivity index (χ2v) is 2.87. The van der Waals surface area contributed by atoms with Crippen LogP contribution in [-0.2, 0) is 0 Å². The number of hydrogen-bond acceptors (Lipinski definition) is 5. The van der Waals surface area contributed by atoms with E-state index < -0.39 is 4.92 Å². The van der Waals surface area contributed by atoms with Gasteiger partial charge in [0.05, 0.1) is 6.07 Å². The molecular weight excluding hydrogens is 210 g/mol. The predicted octanol–water partition coefficient (Wildman–Crippen LogP) is 2.18. The van der Waals surface area contributed by atoms with Gasteiger partial charge in [0.25, 0.3) is 0 Å². The number of aromatic nitrogens is 2. The highest BCUT2D eigenvalue weighted by Gasteiger charge is 2.12. The number of nitro groups is 1. The van der Waals surface area contributed by atoms with Crippen molar-refractivity contribution in [2.75, 3.05) is 0 Å². The van der Waals surface area contributed by atoms with E-state index in [9.17, 15) is 10.1 Å². The smallest absolute Gasteiger partial charge is 0.405 e. The number of para-hydroxylation sites is 1. The number of ether oxygens (including phenoxy) is 1. The molecule has 6 heteroatoms. The fraction of sp³-hybridized carbons (Fsp3) is 0. The van der Waals surface area contributed by atoms with Crippen LogP contribution in [0.3, 0.4) is 0 Å². The highest BCUT2D eigenvalue weighted by Crippen LogP contribution is 2.18. The first-order chi connectivity index (χ1) is 7.75. The highest BCUT2D eigenvalue weighted by atomic mass is 16.6. The van der Waals surface area contributed by atoms with E-state index in [0.717, 1.165) is 0 Å². The molecule has 1 aromatic carbocycles. The van der Waals surface area contributed by atoms with E-state index in [4.69, 9.17) is 4.74 Å². The monoisotopic (exact) mass is 217 g/mol. The Balaban J connectivity index is 2.22. The summed E-state index contributed by atoms with van der Waals surface area (Å²) in [4.78, 5) is 17.3. The van der Waals surface area contributed by atoms with Gasteiger partial charge in [-0.3, -0.25) is 0 Å². The molecule has 0 aliphatic heterocycles. The van der Waals surface area contributed by atoms with Gasteiger partial charge in [0, 0.05) is 11.2 Å². The van der Waals surface area contributed by atoms with Crippen LogP contribution < -0.4 is 4.74 Å². The molecule has 0 aliphatic rings. The lowest BCUT2D eigenvalue weighted by Crippen LogP contribution is -1.96. The zero-order valence-electron chi connectivity index (χ0n) is 8.11. The lowest BCUT2D eigenvalue weighted by molar-refractivity contribution is -0.389. The van der Waals surface area contributed by atoms with Crippen LogP contribution in [0.25, 0.3) is 0 Å². The van der Waals surface area contributed by atoms with Gasteiger partial charge in [-0.2, -0.15) is 4.98 Å². The summed E-state index contributed by atoms with van der Waals surface area (Å²) >= 11 is 0. The highest BCUT2D eigenvalue weighted by molar-refractivity contribution is 5.26. The second-order valence-electron chi connectivity index (χ2n) is 2.87. The van der Waals surface area contributed by atoms with Gasteiger partial charge in [-0.25, -0.2) is 0 Å². The standard InChI is InChI=1S/C10H7N3O3/c14-13(15)9-6-7-11-10(12-9)16-8-4-2-1-3-5-8/h1-7H. The largest absolute Gasteiger partial charge is 0.439 e. The zero-order chi connectivity index (χ0) is 11.4. The summed E-state index contributed by atoms with van der Waals surface area (Å²) in [6, 6.07) is 9.99. The van der Waals surface area contributed by atoms with Crippen molar-refractivity contribution >= 4 is 5.82 Å². The minimum atomic E-state index is -0.598. The molecule has 0 radical (unpaired) electrons. The molecule has 0 unspecified atom stereocenters. The van der Waals surface area contributed by atoms with Crippen molar-refractivity contribution < 1.29 is 9.66 Å². The molecule has 0 aliphatic carbocycles. The number of rotatable bonds is 3. The minimum Gasteiger partial charge on any atom is -0.405 e. The molecular formula is C10H7N3O3. The summed E-state index contributed by atoms with van der Waals surface area (Å²) < 4.78 is 5.24. The molecule has 0 amide bonds. The minimum absolute atomic E-state index is 0.0413. The molecule has 0 saturated carbocycles. The van der Waals surface area contributed by atoms with Gasteiger partial charge >= 0.3 is 11.8 Å². The molecule has 16 heavy (non-hydrogen) atoms. The molecule has 0 N–H and O–H groups in total. The van der Waals surface area contributed by atoms with Gasteiger partial charge in [0.1, 0.15) is 5.75 Å². The first-order valence-electron chi connectivity index (χ1n) is 4.46. The van der Waals surface area contributed by atoms with Crippen molar-refractivity contribution in [1.29, 1.82) is 0 Å². The van der Waals surface area contributed by atoms with Crippen LogP contribution in [0.1, 0.15) is 0 Å². The van der Waals surface area contributed by atoms with Gasteiger partial charge in [-0.1, -0.05) is 18.2 Å². The maximum absolute atomic E-state index is 10.5. The van der Waals surface area contributed by atoms with E-state index in [1.165, 1.54) is 12.3 Å². The quantitative estimate of drug-likeness (QED) is 0.581. The predicted molar refractivity (Wildman–Crippen MR) is 55.2 cm³/mol. The molecule has 2 rings (SSSR count). The fourth-order valence-electron chi connectivity index (χ4n) is 1.08. The summed E-state index contributed by atoms with van der Waals surface area (Å²) in [6.07, 6.45) is 1.28. The van der Waals surface area contributed by atoms with Gasteiger partial charge in [-0.15, -0.1) is 0 Å². The average Bonchev–Trinajstić information content (AvgIpc) is 2.30. The van der Waals surface area contributed by atoms with E-state index in [2.05, 4.69) is 9.97 Å². The lowest BCUT2D eigenvalue weighted by atomic mass is 10.3. The van der Waals surface area contributed by atoms with Crippen molar-refractivity contribution in [3.63, 3.8) is 0 Å². The second kappa shape index (κ2) is 4.35. The Hall–Kier alpha value is -2.50. The molecule has 0 spiro atoms. The molecule has 1 heterocycles. The normalized spacial score (nSPS) is 9.75. The fourth-order valence-corrected chi connectivity index (χ4v) is 1.08. The van der Waals surface area contributed by atoms with E-state index >= 15 is 0 Å². The third-order valence-corrected chi connectivity index (χ3v) is 1.76. The molecule has 1 aromatic heterocycles. The number of benzene rings is 1. The van der Waals surface area contributed by atoms with Crippen LogP contribution in [0.2, 0.25) is 0 Å². The molecule has 0 bridgehead atoms.